The summed E-state index contributed by atoms with van der Waals surface area (Å²) in [5.74, 6) is 0. The van der Waals surface area contributed by atoms with Gasteiger partial charge in [-0.15, -0.1) is 0 Å². The molecular weight excluding hydrogens is 308 g/mol. The largest absolute Gasteiger partial charge is 0.383 e. The predicted octanol–water partition coefficient (Wildman–Crippen LogP) is 4.48. The van der Waals surface area contributed by atoms with E-state index in [2.05, 4.69) is 22.1 Å². The maximum Gasteiger partial charge on any atom is 0.269 e. The standard InChI is InChI=1S/C17H20N4O3/c1-3-20(12-13-24-2)16-8-4-14(5-9-16)18-19-15-6-10-17(11-7-15)21(22)23/h4-11H,3,12-13H2,1-2H3. The van der Waals surface area contributed by atoms with E-state index in [1.54, 1.807) is 19.2 Å². The van der Waals surface area contributed by atoms with Gasteiger partial charge in [0.25, 0.3) is 5.69 Å². The summed E-state index contributed by atoms with van der Waals surface area (Å²) in [4.78, 5) is 12.4. The van der Waals surface area contributed by atoms with Gasteiger partial charge in [-0.25, -0.2) is 0 Å². The van der Waals surface area contributed by atoms with Crippen LogP contribution in [-0.2, 0) is 4.74 Å². The molecule has 0 aromatic heterocycles. The minimum atomic E-state index is -0.442. The van der Waals surface area contributed by atoms with Gasteiger partial charge in [-0.1, -0.05) is 0 Å². The Morgan fingerprint density at radius 3 is 2.04 bits per heavy atom. The Balaban J connectivity index is 2.03. The van der Waals surface area contributed by atoms with E-state index in [0.717, 1.165) is 24.5 Å². The zero-order chi connectivity index (χ0) is 17.4. The highest BCUT2D eigenvalue weighted by Gasteiger charge is 2.04. The van der Waals surface area contributed by atoms with Gasteiger partial charge < -0.3 is 9.64 Å². The van der Waals surface area contributed by atoms with Gasteiger partial charge >= 0.3 is 0 Å². The highest BCUT2D eigenvalue weighted by molar-refractivity contribution is 5.53. The van der Waals surface area contributed by atoms with Crippen molar-refractivity contribution in [2.75, 3.05) is 31.7 Å². The van der Waals surface area contributed by atoms with Crippen molar-refractivity contribution in [2.45, 2.75) is 6.92 Å². The molecule has 0 bridgehead atoms. The highest BCUT2D eigenvalue weighted by atomic mass is 16.6. The van der Waals surface area contributed by atoms with E-state index in [9.17, 15) is 10.1 Å². The van der Waals surface area contributed by atoms with Crippen LogP contribution in [0.15, 0.2) is 58.8 Å². The molecule has 0 radical (unpaired) electrons. The molecule has 2 aromatic rings. The Kier molecular flexibility index (Phi) is 6.39. The summed E-state index contributed by atoms with van der Waals surface area (Å²) in [6, 6.07) is 13.7. The van der Waals surface area contributed by atoms with E-state index in [0.29, 0.717) is 12.3 Å². The van der Waals surface area contributed by atoms with Gasteiger partial charge in [0.1, 0.15) is 0 Å². The molecule has 126 valence electrons. The van der Waals surface area contributed by atoms with Crippen molar-refractivity contribution in [1.29, 1.82) is 0 Å². The van der Waals surface area contributed by atoms with Crippen LogP contribution < -0.4 is 4.90 Å². The number of benzene rings is 2. The van der Waals surface area contributed by atoms with E-state index in [-0.39, 0.29) is 5.69 Å². The number of hydrogen-bond donors (Lipinski definition) is 0. The number of nitro benzene ring substituents is 1. The zero-order valence-corrected chi connectivity index (χ0v) is 13.8. The van der Waals surface area contributed by atoms with Crippen molar-refractivity contribution < 1.29 is 9.66 Å². The van der Waals surface area contributed by atoms with Gasteiger partial charge in [0.15, 0.2) is 0 Å². The number of nitro groups is 1. The number of likely N-dealkylation sites (N-methyl/N-ethyl adjacent to an activating group) is 1. The van der Waals surface area contributed by atoms with Crippen LogP contribution in [0.2, 0.25) is 0 Å². The van der Waals surface area contributed by atoms with Crippen LogP contribution in [0.4, 0.5) is 22.7 Å². The third-order valence-electron chi connectivity index (χ3n) is 3.50. The lowest BCUT2D eigenvalue weighted by Gasteiger charge is -2.22. The smallest absolute Gasteiger partial charge is 0.269 e. The van der Waals surface area contributed by atoms with Gasteiger partial charge in [-0.3, -0.25) is 10.1 Å². The van der Waals surface area contributed by atoms with Crippen molar-refractivity contribution in [3.8, 4) is 0 Å². The lowest BCUT2D eigenvalue weighted by Crippen LogP contribution is -2.26. The van der Waals surface area contributed by atoms with E-state index in [1.807, 2.05) is 24.3 Å². The monoisotopic (exact) mass is 328 g/mol. The molecular formula is C17H20N4O3. The molecule has 24 heavy (non-hydrogen) atoms. The normalized spacial score (nSPS) is 10.9. The SMILES string of the molecule is CCN(CCOC)c1ccc(N=Nc2ccc([N+](=O)[O-])cc2)cc1. The molecule has 2 rings (SSSR count). The number of hydrogen-bond acceptors (Lipinski definition) is 6. The first kappa shape index (κ1) is 17.6. The van der Waals surface area contributed by atoms with Crippen LogP contribution in [0.1, 0.15) is 6.92 Å². The Morgan fingerprint density at radius 2 is 1.58 bits per heavy atom. The second-order valence-electron chi connectivity index (χ2n) is 5.06. The molecule has 0 amide bonds. The molecule has 0 atom stereocenters. The quantitative estimate of drug-likeness (QED) is 0.406. The number of azo groups is 1. The summed E-state index contributed by atoms with van der Waals surface area (Å²) < 4.78 is 5.11. The lowest BCUT2D eigenvalue weighted by molar-refractivity contribution is -0.384. The van der Waals surface area contributed by atoms with Crippen LogP contribution in [0, 0.1) is 10.1 Å². The van der Waals surface area contributed by atoms with E-state index in [1.165, 1.54) is 12.1 Å². The maximum atomic E-state index is 10.6. The van der Waals surface area contributed by atoms with E-state index >= 15 is 0 Å². The Morgan fingerprint density at radius 1 is 1.04 bits per heavy atom. The molecule has 0 N–H and O–H groups in total. The molecule has 7 heteroatoms. The molecule has 0 unspecified atom stereocenters. The molecule has 0 saturated carbocycles. The fraction of sp³-hybridized carbons (Fsp3) is 0.294. The second kappa shape index (κ2) is 8.73. The summed E-state index contributed by atoms with van der Waals surface area (Å²) in [6.07, 6.45) is 0. The van der Waals surface area contributed by atoms with Crippen molar-refractivity contribution >= 4 is 22.7 Å². The number of non-ortho nitro benzene ring substituents is 1. The lowest BCUT2D eigenvalue weighted by atomic mass is 10.2. The molecule has 0 spiro atoms. The number of methoxy groups -OCH3 is 1. The van der Waals surface area contributed by atoms with Crippen LogP contribution in [0.5, 0.6) is 0 Å². The van der Waals surface area contributed by atoms with Gasteiger partial charge in [-0.05, 0) is 43.3 Å². The molecule has 0 aliphatic heterocycles. The van der Waals surface area contributed by atoms with Crippen LogP contribution in [0.25, 0.3) is 0 Å². The summed E-state index contributed by atoms with van der Waals surface area (Å²) in [5, 5.41) is 18.9. The molecule has 7 nitrogen and oxygen atoms in total. The van der Waals surface area contributed by atoms with Crippen molar-refractivity contribution in [3.05, 3.63) is 58.6 Å². The minimum Gasteiger partial charge on any atom is -0.383 e. The summed E-state index contributed by atoms with van der Waals surface area (Å²) in [5.41, 5.74) is 2.43. The Hall–Kier alpha value is -2.80. The molecule has 0 saturated heterocycles. The molecule has 0 aliphatic rings. The molecule has 0 aliphatic carbocycles. The highest BCUT2D eigenvalue weighted by Crippen LogP contribution is 2.23. The predicted molar refractivity (Wildman–Crippen MR) is 93.5 cm³/mol. The van der Waals surface area contributed by atoms with Crippen molar-refractivity contribution in [2.24, 2.45) is 10.2 Å². The number of rotatable bonds is 8. The van der Waals surface area contributed by atoms with Gasteiger partial charge in [0.2, 0.25) is 0 Å². The molecule has 2 aromatic carbocycles. The Bertz CT molecular complexity index is 684. The summed E-state index contributed by atoms with van der Waals surface area (Å²) >= 11 is 0. The average molecular weight is 328 g/mol. The topological polar surface area (TPSA) is 80.3 Å². The third kappa shape index (κ3) is 4.85. The molecule has 0 heterocycles. The third-order valence-corrected chi connectivity index (χ3v) is 3.50. The molecule has 0 fully saturated rings. The van der Waals surface area contributed by atoms with Gasteiger partial charge in [0.05, 0.1) is 22.9 Å². The van der Waals surface area contributed by atoms with Crippen molar-refractivity contribution in [1.82, 2.24) is 0 Å². The van der Waals surface area contributed by atoms with E-state index < -0.39 is 4.92 Å². The van der Waals surface area contributed by atoms with Gasteiger partial charge in [-0.2, -0.15) is 10.2 Å². The Labute approximate surface area is 140 Å². The van der Waals surface area contributed by atoms with Crippen LogP contribution in [-0.4, -0.2) is 31.7 Å². The first-order valence-corrected chi connectivity index (χ1v) is 7.64. The maximum absolute atomic E-state index is 10.6. The summed E-state index contributed by atoms with van der Waals surface area (Å²) in [7, 11) is 1.69. The first-order chi connectivity index (χ1) is 11.6. The van der Waals surface area contributed by atoms with Crippen LogP contribution in [0.3, 0.4) is 0 Å². The number of nitrogens with zero attached hydrogens (tertiary/aromatic N) is 4. The number of ether oxygens (including phenoxy) is 1. The number of anilines is 1. The summed E-state index contributed by atoms with van der Waals surface area (Å²) in [6.45, 7) is 4.50. The average Bonchev–Trinajstić information content (AvgIpc) is 2.62. The zero-order valence-electron chi connectivity index (χ0n) is 13.8. The fourth-order valence-corrected chi connectivity index (χ4v) is 2.16. The first-order valence-electron chi connectivity index (χ1n) is 7.64. The van der Waals surface area contributed by atoms with Gasteiger partial charge in [0, 0.05) is 38.0 Å². The van der Waals surface area contributed by atoms with E-state index in [4.69, 9.17) is 4.74 Å². The fourth-order valence-electron chi connectivity index (χ4n) is 2.16. The second-order valence-corrected chi connectivity index (χ2v) is 5.06. The van der Waals surface area contributed by atoms with Crippen LogP contribution >= 0.6 is 0 Å². The van der Waals surface area contributed by atoms with Crippen molar-refractivity contribution in [3.63, 3.8) is 0 Å². The minimum absolute atomic E-state index is 0.0361.